The van der Waals surface area contributed by atoms with Crippen LogP contribution in [0.3, 0.4) is 0 Å². The fourth-order valence-electron chi connectivity index (χ4n) is 6.34. The molecule has 1 N–H and O–H groups in total. The van der Waals surface area contributed by atoms with Gasteiger partial charge < -0.3 is 20.0 Å². The topological polar surface area (TPSA) is 99.1 Å². The van der Waals surface area contributed by atoms with Gasteiger partial charge in [0.05, 0.1) is 0 Å². The van der Waals surface area contributed by atoms with Crippen LogP contribution >= 0.6 is 34.8 Å². The lowest BCUT2D eigenvalue weighted by Gasteiger charge is -2.49. The van der Waals surface area contributed by atoms with Crippen molar-refractivity contribution in [3.05, 3.63) is 15.9 Å². The predicted molar refractivity (Wildman–Crippen MR) is 205 cm³/mol. The molecule has 48 heavy (non-hydrogen) atoms. The van der Waals surface area contributed by atoms with Gasteiger partial charge >= 0.3 is 0 Å². The molecule has 0 aromatic carbocycles. The first-order chi connectivity index (χ1) is 22.8. The molecule has 0 amide bonds. The number of nitrogens with zero attached hydrogens (tertiary/aromatic N) is 9. The minimum absolute atomic E-state index is 0.0531. The summed E-state index contributed by atoms with van der Waals surface area (Å²) in [5.41, 5.74) is 0.106. The van der Waals surface area contributed by atoms with Crippen molar-refractivity contribution in [3.8, 4) is 0 Å². The van der Waals surface area contributed by atoms with E-state index in [-0.39, 0.29) is 21.6 Å². The van der Waals surface area contributed by atoms with Gasteiger partial charge in [-0.25, -0.2) is 0 Å². The molecule has 0 aliphatic carbocycles. The summed E-state index contributed by atoms with van der Waals surface area (Å²) in [4.78, 5) is 32.9. The summed E-state index contributed by atoms with van der Waals surface area (Å²) >= 11 is 18.2. The van der Waals surface area contributed by atoms with E-state index in [2.05, 4.69) is 107 Å². The highest BCUT2D eigenvalue weighted by molar-refractivity contribution is 6.31. The first-order valence-electron chi connectivity index (χ1n) is 18.3. The number of hydrogen-bond acceptors (Lipinski definition) is 10. The molecule has 0 bridgehead atoms. The first-order valence-corrected chi connectivity index (χ1v) is 19.5. The van der Waals surface area contributed by atoms with E-state index in [0.29, 0.717) is 17.3 Å². The Balaban J connectivity index is 0.000000334. The van der Waals surface area contributed by atoms with Gasteiger partial charge in [0.2, 0.25) is 33.7 Å². The molecule has 0 unspecified atom stereocenters. The van der Waals surface area contributed by atoms with Crippen LogP contribution in [0.1, 0.15) is 139 Å². The van der Waals surface area contributed by atoms with Crippen molar-refractivity contribution in [2.45, 2.75) is 156 Å². The van der Waals surface area contributed by atoms with Crippen LogP contribution in [0.4, 0.5) is 17.8 Å². The third kappa shape index (κ3) is 15.0. The smallest absolute Gasteiger partial charge is 0.231 e. The number of hydrogen-bond donors (Lipinski definition) is 1. The molecule has 2 aromatic rings. The molecule has 3 rings (SSSR count). The van der Waals surface area contributed by atoms with Crippen LogP contribution in [0.15, 0.2) is 0 Å². The predicted octanol–water partition coefficient (Wildman–Crippen LogP) is 9.43. The molecule has 2 aromatic heterocycles. The van der Waals surface area contributed by atoms with Gasteiger partial charge in [-0.15, -0.1) is 0 Å². The Bertz CT molecular complexity index is 1110. The normalized spacial score (nSPS) is 15.5. The molecular weight excluding hydrogens is 667 g/mol. The van der Waals surface area contributed by atoms with Crippen LogP contribution in [0, 0.1) is 0 Å². The fraction of sp³-hybridized carbons (Fsp3) is 0.829. The number of rotatable bonds is 19. The average molecular weight is 730 g/mol. The van der Waals surface area contributed by atoms with Gasteiger partial charge in [-0.3, -0.25) is 0 Å². The summed E-state index contributed by atoms with van der Waals surface area (Å²) in [6.45, 7) is 24.8. The lowest BCUT2D eigenvalue weighted by Crippen LogP contribution is -2.62. The minimum atomic E-state index is 0.0531. The number of nitrogens with one attached hydrogen (secondary N) is 1. The Kier molecular flexibility index (Phi) is 19.0. The van der Waals surface area contributed by atoms with E-state index in [4.69, 9.17) is 39.8 Å². The molecule has 10 nitrogen and oxygen atoms in total. The second kappa shape index (κ2) is 21.5. The van der Waals surface area contributed by atoms with E-state index < -0.39 is 0 Å². The van der Waals surface area contributed by atoms with E-state index >= 15 is 0 Å². The van der Waals surface area contributed by atoms with Crippen molar-refractivity contribution in [1.82, 2.24) is 35.2 Å². The standard InChI is InChI=1S/C19H36ClN5.C16H27Cl2N5/c1-5-9-13-24(14-10-6-2)18-21-17(20)22-19(23-18)25(15-11-7-3)16-12-8-4;1-6-7-8-23(14-20-12(17)19-13(18)21-14)11-9-15(2,3)22-16(4,5)10-11/h5-16H2,1-4H3;11,22H,6-10H2,1-5H3. The van der Waals surface area contributed by atoms with Crippen LogP contribution < -0.4 is 20.0 Å². The molecule has 0 atom stereocenters. The molecule has 1 saturated heterocycles. The summed E-state index contributed by atoms with van der Waals surface area (Å²) in [7, 11) is 0. The maximum absolute atomic E-state index is 6.26. The Morgan fingerprint density at radius 3 is 1.23 bits per heavy atom. The van der Waals surface area contributed by atoms with Gasteiger partial charge in [-0.2, -0.15) is 29.9 Å². The zero-order valence-electron chi connectivity index (χ0n) is 31.3. The van der Waals surface area contributed by atoms with Gasteiger partial charge in [0.25, 0.3) is 0 Å². The van der Waals surface area contributed by atoms with Crippen molar-refractivity contribution < 1.29 is 0 Å². The second-order valence-electron chi connectivity index (χ2n) is 14.3. The third-order valence-electron chi connectivity index (χ3n) is 8.46. The molecule has 0 radical (unpaired) electrons. The number of piperidine rings is 1. The quantitative estimate of drug-likeness (QED) is 0.151. The van der Waals surface area contributed by atoms with Crippen molar-refractivity contribution >= 4 is 52.6 Å². The van der Waals surface area contributed by atoms with Gasteiger partial charge in [0.1, 0.15) is 0 Å². The number of aromatic nitrogens is 6. The highest BCUT2D eigenvalue weighted by Crippen LogP contribution is 2.33. The Morgan fingerprint density at radius 1 is 0.521 bits per heavy atom. The van der Waals surface area contributed by atoms with Crippen molar-refractivity contribution in [2.24, 2.45) is 0 Å². The Labute approximate surface area is 306 Å². The lowest BCUT2D eigenvalue weighted by molar-refractivity contribution is 0.157. The molecule has 13 heteroatoms. The van der Waals surface area contributed by atoms with Crippen LogP contribution in [0.2, 0.25) is 15.9 Å². The van der Waals surface area contributed by atoms with Crippen LogP contribution in [0.25, 0.3) is 0 Å². The molecule has 3 heterocycles. The SMILES string of the molecule is CCCCN(CCCC)c1nc(Cl)nc(N(CCCC)CCCC)n1.CCCCN(c1nc(Cl)nc(Cl)n1)C1CC(C)(C)NC(C)(C)C1. The van der Waals surface area contributed by atoms with Crippen LogP contribution in [-0.4, -0.2) is 79.7 Å². The van der Waals surface area contributed by atoms with Crippen molar-refractivity contribution in [1.29, 1.82) is 0 Å². The summed E-state index contributed by atoms with van der Waals surface area (Å²) in [5.74, 6) is 2.05. The third-order valence-corrected chi connectivity index (χ3v) is 8.97. The van der Waals surface area contributed by atoms with Crippen molar-refractivity contribution in [2.75, 3.05) is 47.4 Å². The maximum atomic E-state index is 6.26. The molecular formula is C35H63Cl3N10. The Hall–Kier alpha value is -1.75. The van der Waals surface area contributed by atoms with E-state index in [1.165, 1.54) is 0 Å². The highest BCUT2D eigenvalue weighted by Gasteiger charge is 2.40. The van der Waals surface area contributed by atoms with Gasteiger partial charge in [0.15, 0.2) is 0 Å². The second-order valence-corrected chi connectivity index (χ2v) is 15.3. The van der Waals surface area contributed by atoms with Crippen LogP contribution in [-0.2, 0) is 0 Å². The molecule has 1 fully saturated rings. The first kappa shape index (κ1) is 42.4. The molecule has 1 aliphatic rings. The number of unbranched alkanes of at least 4 members (excludes halogenated alkanes) is 5. The van der Waals surface area contributed by atoms with Gasteiger partial charge in [-0.05, 0) is 107 Å². The lowest BCUT2D eigenvalue weighted by atomic mass is 9.79. The summed E-state index contributed by atoms with van der Waals surface area (Å²) < 4.78 is 0. The minimum Gasteiger partial charge on any atom is -0.341 e. The maximum Gasteiger partial charge on any atom is 0.231 e. The molecule has 0 saturated carbocycles. The molecule has 274 valence electrons. The summed E-state index contributed by atoms with van der Waals surface area (Å²) in [6, 6.07) is 0.335. The van der Waals surface area contributed by atoms with Gasteiger partial charge in [-0.1, -0.05) is 66.7 Å². The van der Waals surface area contributed by atoms with Crippen LogP contribution in [0.5, 0.6) is 0 Å². The summed E-state index contributed by atoms with van der Waals surface area (Å²) in [5, 5.41) is 4.31. The zero-order valence-corrected chi connectivity index (χ0v) is 33.5. The fourth-order valence-corrected chi connectivity index (χ4v) is 6.85. The van der Waals surface area contributed by atoms with Gasteiger partial charge in [0, 0.05) is 49.8 Å². The van der Waals surface area contributed by atoms with E-state index in [1.807, 2.05) is 0 Å². The number of halogens is 3. The monoisotopic (exact) mass is 728 g/mol. The molecule has 1 aliphatic heterocycles. The largest absolute Gasteiger partial charge is 0.341 e. The molecule has 0 spiro atoms. The highest BCUT2D eigenvalue weighted by atomic mass is 35.5. The Morgan fingerprint density at radius 2 is 0.854 bits per heavy atom. The van der Waals surface area contributed by atoms with E-state index in [1.54, 1.807) is 0 Å². The van der Waals surface area contributed by atoms with E-state index in [0.717, 1.165) is 122 Å². The number of anilines is 3. The zero-order chi connectivity index (χ0) is 35.7. The summed E-state index contributed by atoms with van der Waals surface area (Å²) in [6.07, 6.45) is 13.4. The van der Waals surface area contributed by atoms with E-state index in [9.17, 15) is 0 Å². The van der Waals surface area contributed by atoms with Crippen molar-refractivity contribution in [3.63, 3.8) is 0 Å². The average Bonchev–Trinajstić information content (AvgIpc) is 2.99.